The molecule has 0 radical (unpaired) electrons. The standard InChI is InChI=1S/C10H20N2O2.C2H6/c1-10(2,14)8-9(13)12-6-4-11(3)5-7-12;1-2/h14H,4-8H2,1-3H3;1-2H3. The van der Waals surface area contributed by atoms with Gasteiger partial charge in [0.2, 0.25) is 5.91 Å². The highest BCUT2D eigenvalue weighted by molar-refractivity contribution is 5.77. The van der Waals surface area contributed by atoms with Crippen LogP contribution in [0.1, 0.15) is 34.1 Å². The number of aliphatic hydroxyl groups is 1. The number of carbonyl (C=O) groups excluding carboxylic acids is 1. The second-order valence-corrected chi connectivity index (χ2v) is 4.67. The van der Waals surface area contributed by atoms with Crippen LogP contribution in [0, 0.1) is 0 Å². The maximum atomic E-state index is 11.7. The lowest BCUT2D eigenvalue weighted by molar-refractivity contribution is -0.136. The fraction of sp³-hybridized carbons (Fsp3) is 0.917. The average molecular weight is 230 g/mol. The quantitative estimate of drug-likeness (QED) is 0.768. The van der Waals surface area contributed by atoms with Gasteiger partial charge in [-0.3, -0.25) is 4.79 Å². The van der Waals surface area contributed by atoms with Crippen molar-refractivity contribution in [2.75, 3.05) is 33.2 Å². The van der Waals surface area contributed by atoms with E-state index in [4.69, 9.17) is 0 Å². The van der Waals surface area contributed by atoms with Gasteiger partial charge in [-0.1, -0.05) is 13.8 Å². The molecule has 4 heteroatoms. The summed E-state index contributed by atoms with van der Waals surface area (Å²) in [5, 5.41) is 9.51. The van der Waals surface area contributed by atoms with Gasteiger partial charge < -0.3 is 14.9 Å². The highest BCUT2D eigenvalue weighted by Crippen LogP contribution is 2.11. The molecule has 1 amide bonds. The number of piperazine rings is 1. The first-order valence-corrected chi connectivity index (χ1v) is 6.07. The van der Waals surface area contributed by atoms with Gasteiger partial charge in [0.15, 0.2) is 0 Å². The first-order chi connectivity index (χ1) is 7.38. The predicted molar refractivity (Wildman–Crippen MR) is 66.3 cm³/mol. The molecule has 1 aliphatic heterocycles. The van der Waals surface area contributed by atoms with Crippen LogP contribution in [-0.2, 0) is 4.79 Å². The first-order valence-electron chi connectivity index (χ1n) is 6.07. The summed E-state index contributed by atoms with van der Waals surface area (Å²) in [4.78, 5) is 15.7. The lowest BCUT2D eigenvalue weighted by atomic mass is 10.0. The molecule has 0 aliphatic carbocycles. The molecule has 0 unspecified atom stereocenters. The van der Waals surface area contributed by atoms with E-state index in [2.05, 4.69) is 11.9 Å². The Balaban J connectivity index is 0.00000106. The lowest BCUT2D eigenvalue weighted by Crippen LogP contribution is -2.48. The van der Waals surface area contributed by atoms with E-state index in [1.165, 1.54) is 0 Å². The summed E-state index contributed by atoms with van der Waals surface area (Å²) < 4.78 is 0. The molecule has 1 rings (SSSR count). The molecule has 16 heavy (non-hydrogen) atoms. The molecule has 1 N–H and O–H groups in total. The van der Waals surface area contributed by atoms with E-state index in [1.807, 2.05) is 18.7 Å². The van der Waals surface area contributed by atoms with E-state index in [1.54, 1.807) is 13.8 Å². The van der Waals surface area contributed by atoms with Crippen LogP contribution in [0.5, 0.6) is 0 Å². The minimum Gasteiger partial charge on any atom is -0.390 e. The number of carbonyl (C=O) groups is 1. The van der Waals surface area contributed by atoms with E-state index in [0.29, 0.717) is 0 Å². The molecular weight excluding hydrogens is 204 g/mol. The Kier molecular flexibility index (Phi) is 6.60. The van der Waals surface area contributed by atoms with E-state index >= 15 is 0 Å². The van der Waals surface area contributed by atoms with Gasteiger partial charge in [-0.2, -0.15) is 0 Å². The Bertz CT molecular complexity index is 204. The summed E-state index contributed by atoms with van der Waals surface area (Å²) in [5.41, 5.74) is -0.888. The third-order valence-electron chi connectivity index (χ3n) is 2.44. The number of rotatable bonds is 2. The monoisotopic (exact) mass is 230 g/mol. The van der Waals surface area contributed by atoms with Crippen LogP contribution in [0.3, 0.4) is 0 Å². The van der Waals surface area contributed by atoms with Crippen molar-refractivity contribution < 1.29 is 9.90 Å². The number of hydrogen-bond acceptors (Lipinski definition) is 3. The molecule has 96 valence electrons. The average Bonchev–Trinajstić information content (AvgIpc) is 2.19. The van der Waals surface area contributed by atoms with E-state index in [0.717, 1.165) is 26.2 Å². The summed E-state index contributed by atoms with van der Waals surface area (Å²) >= 11 is 0. The molecular formula is C12H26N2O2. The van der Waals surface area contributed by atoms with E-state index in [-0.39, 0.29) is 12.3 Å². The van der Waals surface area contributed by atoms with Crippen LogP contribution < -0.4 is 0 Å². The Morgan fingerprint density at radius 1 is 1.19 bits per heavy atom. The number of likely N-dealkylation sites (N-methyl/N-ethyl adjacent to an activating group) is 1. The maximum absolute atomic E-state index is 11.7. The number of amides is 1. The van der Waals surface area contributed by atoms with Crippen LogP contribution in [0.25, 0.3) is 0 Å². The van der Waals surface area contributed by atoms with Crippen LogP contribution >= 0.6 is 0 Å². The van der Waals surface area contributed by atoms with Crippen LogP contribution in [0.4, 0.5) is 0 Å². The Morgan fingerprint density at radius 3 is 2.00 bits per heavy atom. The van der Waals surface area contributed by atoms with Gasteiger partial charge in [-0.25, -0.2) is 0 Å². The molecule has 1 saturated heterocycles. The topological polar surface area (TPSA) is 43.8 Å². The molecule has 0 atom stereocenters. The zero-order valence-corrected chi connectivity index (χ0v) is 11.3. The Labute approximate surface area is 99.2 Å². The zero-order valence-electron chi connectivity index (χ0n) is 11.3. The van der Waals surface area contributed by atoms with Gasteiger partial charge in [-0.05, 0) is 20.9 Å². The summed E-state index contributed by atoms with van der Waals surface area (Å²) in [6.45, 7) is 10.8. The minimum atomic E-state index is -0.888. The molecule has 1 heterocycles. The molecule has 0 aromatic rings. The predicted octanol–water partition coefficient (Wildman–Crippen LogP) is 0.948. The fourth-order valence-electron chi connectivity index (χ4n) is 1.54. The van der Waals surface area contributed by atoms with Crippen molar-refractivity contribution in [3.05, 3.63) is 0 Å². The number of hydrogen-bond donors (Lipinski definition) is 1. The third kappa shape index (κ3) is 6.08. The van der Waals surface area contributed by atoms with Crippen LogP contribution in [-0.4, -0.2) is 59.6 Å². The van der Waals surface area contributed by atoms with Gasteiger partial charge in [0.25, 0.3) is 0 Å². The van der Waals surface area contributed by atoms with E-state index in [9.17, 15) is 9.90 Å². The smallest absolute Gasteiger partial charge is 0.225 e. The number of nitrogens with zero attached hydrogens (tertiary/aromatic N) is 2. The normalized spacial score (nSPS) is 17.8. The van der Waals surface area contributed by atoms with Crippen molar-refractivity contribution in [2.24, 2.45) is 0 Å². The molecule has 1 aliphatic rings. The third-order valence-corrected chi connectivity index (χ3v) is 2.44. The van der Waals surface area contributed by atoms with Gasteiger partial charge in [0.05, 0.1) is 12.0 Å². The molecule has 0 aromatic carbocycles. The van der Waals surface area contributed by atoms with Gasteiger partial charge in [0, 0.05) is 26.2 Å². The summed E-state index contributed by atoms with van der Waals surface area (Å²) in [5.74, 6) is 0.0607. The largest absolute Gasteiger partial charge is 0.390 e. The molecule has 0 spiro atoms. The Morgan fingerprint density at radius 2 is 1.62 bits per heavy atom. The molecule has 0 saturated carbocycles. The van der Waals surface area contributed by atoms with Crippen LogP contribution in [0.15, 0.2) is 0 Å². The summed E-state index contributed by atoms with van der Waals surface area (Å²) in [6.07, 6.45) is 0.219. The molecule has 1 fully saturated rings. The van der Waals surface area contributed by atoms with Crippen molar-refractivity contribution in [1.82, 2.24) is 9.80 Å². The Hall–Kier alpha value is -0.610. The first kappa shape index (κ1) is 15.4. The molecule has 4 nitrogen and oxygen atoms in total. The fourth-order valence-corrected chi connectivity index (χ4v) is 1.54. The maximum Gasteiger partial charge on any atom is 0.225 e. The SMILES string of the molecule is CC.CN1CCN(C(=O)CC(C)(C)O)CC1. The van der Waals surface area contributed by atoms with Crippen LogP contribution in [0.2, 0.25) is 0 Å². The molecule has 0 bridgehead atoms. The lowest BCUT2D eigenvalue weighted by Gasteiger charge is -2.33. The zero-order chi connectivity index (χ0) is 12.8. The van der Waals surface area contributed by atoms with Crippen molar-refractivity contribution in [1.29, 1.82) is 0 Å². The van der Waals surface area contributed by atoms with Crippen molar-refractivity contribution in [3.8, 4) is 0 Å². The van der Waals surface area contributed by atoms with Crippen molar-refractivity contribution >= 4 is 5.91 Å². The van der Waals surface area contributed by atoms with Gasteiger partial charge >= 0.3 is 0 Å². The second-order valence-electron chi connectivity index (χ2n) is 4.67. The highest BCUT2D eigenvalue weighted by atomic mass is 16.3. The van der Waals surface area contributed by atoms with E-state index < -0.39 is 5.60 Å². The van der Waals surface area contributed by atoms with Crippen molar-refractivity contribution in [2.45, 2.75) is 39.7 Å². The molecule has 0 aromatic heterocycles. The van der Waals surface area contributed by atoms with Crippen molar-refractivity contribution in [3.63, 3.8) is 0 Å². The minimum absolute atomic E-state index is 0.0607. The highest BCUT2D eigenvalue weighted by Gasteiger charge is 2.24. The second kappa shape index (κ2) is 6.86. The summed E-state index contributed by atoms with van der Waals surface area (Å²) in [6, 6.07) is 0. The van der Waals surface area contributed by atoms with Gasteiger partial charge in [-0.15, -0.1) is 0 Å². The van der Waals surface area contributed by atoms with Gasteiger partial charge in [0.1, 0.15) is 0 Å². The summed E-state index contributed by atoms with van der Waals surface area (Å²) in [7, 11) is 2.05.